The summed E-state index contributed by atoms with van der Waals surface area (Å²) in [5.41, 5.74) is 1.12. The van der Waals surface area contributed by atoms with Crippen LogP contribution in [-0.4, -0.2) is 21.0 Å². The summed E-state index contributed by atoms with van der Waals surface area (Å²) in [6, 6.07) is 12.3. The minimum absolute atomic E-state index is 0.255. The second-order valence-corrected chi connectivity index (χ2v) is 6.51. The molecule has 2 aromatic heterocycles. The Morgan fingerprint density at radius 1 is 1.24 bits per heavy atom. The Balaban J connectivity index is 1.89. The van der Waals surface area contributed by atoms with Crippen molar-refractivity contribution in [3.8, 4) is 0 Å². The molecule has 0 aliphatic rings. The summed E-state index contributed by atoms with van der Waals surface area (Å²) in [5, 5.41) is 6.28. The van der Waals surface area contributed by atoms with E-state index in [9.17, 15) is 9.59 Å². The van der Waals surface area contributed by atoms with Gasteiger partial charge in [-0.3, -0.25) is 9.59 Å². The topological polar surface area (TPSA) is 101 Å². The first-order valence-electron chi connectivity index (χ1n) is 7.55. The second-order valence-electron chi connectivity index (χ2n) is 5.41. The molecule has 0 spiro atoms. The number of H-pyrrole nitrogens is 1. The van der Waals surface area contributed by atoms with Gasteiger partial charge in [0.1, 0.15) is 11.0 Å². The van der Waals surface area contributed by atoms with Crippen LogP contribution < -0.4 is 10.9 Å². The number of carbonyl (C=O) groups excluding carboxylic acids is 1. The summed E-state index contributed by atoms with van der Waals surface area (Å²) >= 11 is 1.17. The van der Waals surface area contributed by atoms with Crippen LogP contribution in [0.2, 0.25) is 0 Å². The molecule has 2 heterocycles. The molecular formula is C17H16N4O3S. The quantitative estimate of drug-likeness (QED) is 0.538. The van der Waals surface area contributed by atoms with Crippen LogP contribution in [0.1, 0.15) is 22.3 Å². The van der Waals surface area contributed by atoms with Gasteiger partial charge in [-0.05, 0) is 19.4 Å². The van der Waals surface area contributed by atoms with Crippen molar-refractivity contribution in [2.24, 2.45) is 0 Å². The highest BCUT2D eigenvalue weighted by atomic mass is 32.2. The number of hydrogen-bond acceptors (Lipinski definition) is 6. The Morgan fingerprint density at radius 3 is 2.64 bits per heavy atom. The number of anilines is 1. The number of thioether (sulfide) groups is 1. The van der Waals surface area contributed by atoms with Gasteiger partial charge >= 0.3 is 0 Å². The van der Waals surface area contributed by atoms with Crippen molar-refractivity contribution in [1.29, 1.82) is 0 Å². The van der Waals surface area contributed by atoms with E-state index in [0.717, 1.165) is 5.56 Å². The molecule has 2 N–H and O–H groups in total. The van der Waals surface area contributed by atoms with E-state index in [1.165, 1.54) is 17.8 Å². The van der Waals surface area contributed by atoms with Crippen molar-refractivity contribution in [3.05, 3.63) is 69.8 Å². The third kappa shape index (κ3) is 4.36. The highest BCUT2D eigenvalue weighted by Crippen LogP contribution is 2.34. The van der Waals surface area contributed by atoms with Gasteiger partial charge in [-0.25, -0.2) is 4.98 Å². The summed E-state index contributed by atoms with van der Waals surface area (Å²) in [4.78, 5) is 31.4. The van der Waals surface area contributed by atoms with Crippen molar-refractivity contribution in [1.82, 2.24) is 15.1 Å². The minimum atomic E-state index is -0.608. The number of carbonyl (C=O) groups is 1. The Labute approximate surface area is 147 Å². The van der Waals surface area contributed by atoms with Crippen molar-refractivity contribution in [3.63, 3.8) is 0 Å². The fourth-order valence-electron chi connectivity index (χ4n) is 2.24. The largest absolute Gasteiger partial charge is 0.360 e. The minimum Gasteiger partial charge on any atom is -0.360 e. The Hall–Kier alpha value is -2.87. The van der Waals surface area contributed by atoms with Crippen molar-refractivity contribution in [2.75, 3.05) is 5.32 Å². The molecule has 1 amide bonds. The average Bonchev–Trinajstić information content (AvgIpc) is 2.97. The third-order valence-electron chi connectivity index (χ3n) is 3.30. The molecule has 7 nitrogen and oxygen atoms in total. The van der Waals surface area contributed by atoms with Crippen LogP contribution in [0.15, 0.2) is 56.9 Å². The van der Waals surface area contributed by atoms with Gasteiger partial charge in [0.2, 0.25) is 5.91 Å². The van der Waals surface area contributed by atoms with E-state index in [1.807, 2.05) is 30.3 Å². The van der Waals surface area contributed by atoms with Crippen LogP contribution in [0.4, 0.5) is 5.82 Å². The molecule has 0 unspecified atom stereocenters. The second kappa shape index (κ2) is 7.35. The van der Waals surface area contributed by atoms with Crippen LogP contribution in [-0.2, 0) is 4.79 Å². The lowest BCUT2D eigenvalue weighted by Crippen LogP contribution is -2.20. The van der Waals surface area contributed by atoms with Crippen LogP contribution in [0.3, 0.4) is 0 Å². The fraction of sp³-hybridized carbons (Fsp3) is 0.176. The maximum Gasteiger partial charge on any atom is 0.251 e. The summed E-state index contributed by atoms with van der Waals surface area (Å²) in [6.45, 7) is 3.47. The number of rotatable bonds is 5. The molecule has 0 aliphatic carbocycles. The lowest BCUT2D eigenvalue weighted by Gasteiger charge is -2.15. The lowest BCUT2D eigenvalue weighted by molar-refractivity contribution is -0.115. The van der Waals surface area contributed by atoms with Crippen LogP contribution in [0.5, 0.6) is 0 Å². The van der Waals surface area contributed by atoms with Crippen molar-refractivity contribution < 1.29 is 9.32 Å². The summed E-state index contributed by atoms with van der Waals surface area (Å²) in [6.07, 6.45) is 0. The third-order valence-corrected chi connectivity index (χ3v) is 4.44. The SMILES string of the molecule is Cc1cc(=O)[nH]c(S[C@H](C(=O)Nc2cc(C)on2)c2ccccc2)n1. The molecule has 8 heteroatoms. The van der Waals surface area contributed by atoms with Crippen molar-refractivity contribution >= 4 is 23.5 Å². The molecule has 0 radical (unpaired) electrons. The van der Waals surface area contributed by atoms with Gasteiger partial charge in [-0.15, -0.1) is 0 Å². The number of nitrogens with zero attached hydrogens (tertiary/aromatic N) is 2. The van der Waals surface area contributed by atoms with E-state index in [4.69, 9.17) is 4.52 Å². The van der Waals surface area contributed by atoms with Gasteiger partial charge in [-0.2, -0.15) is 0 Å². The zero-order valence-corrected chi connectivity index (χ0v) is 14.5. The first kappa shape index (κ1) is 17.0. The van der Waals surface area contributed by atoms with Gasteiger partial charge in [0, 0.05) is 17.8 Å². The molecule has 3 rings (SSSR count). The number of benzene rings is 1. The van der Waals surface area contributed by atoms with E-state index >= 15 is 0 Å². The molecule has 0 aliphatic heterocycles. The van der Waals surface area contributed by atoms with E-state index in [1.54, 1.807) is 19.9 Å². The number of nitrogens with one attached hydrogen (secondary N) is 2. The van der Waals surface area contributed by atoms with Gasteiger partial charge < -0.3 is 14.8 Å². The van der Waals surface area contributed by atoms with E-state index in [0.29, 0.717) is 22.4 Å². The van der Waals surface area contributed by atoms with E-state index in [-0.39, 0.29) is 11.5 Å². The maximum absolute atomic E-state index is 12.8. The number of amides is 1. The number of hydrogen-bond donors (Lipinski definition) is 2. The number of aryl methyl sites for hydroxylation is 2. The van der Waals surface area contributed by atoms with Crippen molar-refractivity contribution in [2.45, 2.75) is 24.3 Å². The monoisotopic (exact) mass is 356 g/mol. The lowest BCUT2D eigenvalue weighted by atomic mass is 10.1. The zero-order chi connectivity index (χ0) is 17.8. The zero-order valence-electron chi connectivity index (χ0n) is 13.6. The first-order chi connectivity index (χ1) is 12.0. The Kier molecular flexibility index (Phi) is 4.99. The smallest absolute Gasteiger partial charge is 0.251 e. The van der Waals surface area contributed by atoms with E-state index < -0.39 is 5.25 Å². The number of aromatic nitrogens is 3. The summed E-state index contributed by atoms with van der Waals surface area (Å²) in [7, 11) is 0. The van der Waals surface area contributed by atoms with Gasteiger partial charge in [0.15, 0.2) is 11.0 Å². The highest BCUT2D eigenvalue weighted by molar-refractivity contribution is 8.00. The molecule has 0 bridgehead atoms. The predicted molar refractivity (Wildman–Crippen MR) is 94.5 cm³/mol. The maximum atomic E-state index is 12.8. The fourth-order valence-corrected chi connectivity index (χ4v) is 3.28. The molecule has 25 heavy (non-hydrogen) atoms. The molecule has 0 saturated heterocycles. The normalized spacial score (nSPS) is 11.9. The average molecular weight is 356 g/mol. The molecule has 0 saturated carbocycles. The number of aromatic amines is 1. The Morgan fingerprint density at radius 2 is 2.00 bits per heavy atom. The van der Waals surface area contributed by atoms with Crippen LogP contribution in [0, 0.1) is 13.8 Å². The van der Waals surface area contributed by atoms with Gasteiger partial charge in [0.05, 0.1) is 0 Å². The molecule has 1 atom stereocenters. The van der Waals surface area contributed by atoms with Gasteiger partial charge in [-0.1, -0.05) is 47.3 Å². The predicted octanol–water partition coefficient (Wildman–Crippen LogP) is 2.85. The molecule has 0 fully saturated rings. The highest BCUT2D eigenvalue weighted by Gasteiger charge is 2.24. The van der Waals surface area contributed by atoms with Crippen LogP contribution in [0.25, 0.3) is 0 Å². The molecule has 128 valence electrons. The van der Waals surface area contributed by atoms with E-state index in [2.05, 4.69) is 20.4 Å². The first-order valence-corrected chi connectivity index (χ1v) is 8.43. The van der Waals surface area contributed by atoms with Gasteiger partial charge in [0.25, 0.3) is 5.56 Å². The Bertz CT molecular complexity index is 936. The summed E-state index contributed by atoms with van der Waals surface area (Å²) in [5.74, 6) is 0.660. The molecule has 1 aromatic carbocycles. The van der Waals surface area contributed by atoms with Crippen LogP contribution >= 0.6 is 11.8 Å². The summed E-state index contributed by atoms with van der Waals surface area (Å²) < 4.78 is 4.97. The standard InChI is InChI=1S/C17H16N4O3S/c1-10-8-14(22)20-17(18-10)25-15(12-6-4-3-5-7-12)16(23)19-13-9-11(2)24-21-13/h3-9,15H,1-2H3,(H,18,20,22)(H,19,21,23)/t15-/m0/s1. The molecule has 3 aromatic rings. The molecular weight excluding hydrogens is 340 g/mol.